The van der Waals surface area contributed by atoms with Crippen LogP contribution >= 0.6 is 31.9 Å². The largest absolute Gasteiger partial charge is 0.466 e. The maximum Gasteiger partial charge on any atom is 0.307 e. The Morgan fingerprint density at radius 3 is 2.44 bits per heavy atom. The molecule has 0 saturated heterocycles. The predicted octanol–water partition coefficient (Wildman–Crippen LogP) is 3.16. The first-order valence-electron chi connectivity index (χ1n) is 4.90. The van der Waals surface area contributed by atoms with E-state index in [1.54, 1.807) is 6.92 Å². The molecule has 2 N–H and O–H groups in total. The smallest absolute Gasteiger partial charge is 0.307 e. The van der Waals surface area contributed by atoms with Gasteiger partial charge in [0.15, 0.2) is 0 Å². The number of carbonyl (C=O) groups excluding carboxylic acids is 1. The van der Waals surface area contributed by atoms with Gasteiger partial charge in [-0.15, -0.1) is 0 Å². The zero-order valence-electron chi connectivity index (χ0n) is 8.87. The van der Waals surface area contributed by atoms with Crippen molar-refractivity contribution in [2.45, 2.75) is 19.4 Å². The zero-order chi connectivity index (χ0) is 12.1. The summed E-state index contributed by atoms with van der Waals surface area (Å²) in [5.74, 6) is -0.272. The van der Waals surface area contributed by atoms with Crippen molar-refractivity contribution in [2.75, 3.05) is 6.61 Å². The molecule has 1 aromatic carbocycles. The van der Waals surface area contributed by atoms with E-state index in [1.807, 2.05) is 18.2 Å². The van der Waals surface area contributed by atoms with Gasteiger partial charge < -0.3 is 10.5 Å². The molecule has 16 heavy (non-hydrogen) atoms. The standard InChI is InChI=1S/C11H13Br2NO2/c1-2-16-11(15)6-10(14)7-3-8(12)5-9(13)4-7/h3-5,10H,2,6,14H2,1H3/t10-/m1/s1. The minimum atomic E-state index is -0.340. The molecule has 0 spiro atoms. The molecule has 0 saturated carbocycles. The molecule has 0 aromatic heterocycles. The summed E-state index contributed by atoms with van der Waals surface area (Å²) < 4.78 is 6.71. The number of carbonyl (C=O) groups is 1. The van der Waals surface area contributed by atoms with E-state index in [0.717, 1.165) is 14.5 Å². The Morgan fingerprint density at radius 2 is 1.94 bits per heavy atom. The van der Waals surface area contributed by atoms with E-state index >= 15 is 0 Å². The van der Waals surface area contributed by atoms with E-state index in [-0.39, 0.29) is 18.4 Å². The highest BCUT2D eigenvalue weighted by Crippen LogP contribution is 2.24. The third-order valence-corrected chi connectivity index (χ3v) is 2.92. The number of halogens is 2. The first-order chi connectivity index (χ1) is 7.52. The summed E-state index contributed by atoms with van der Waals surface area (Å²) in [5, 5.41) is 0. The van der Waals surface area contributed by atoms with Crippen LogP contribution in [-0.4, -0.2) is 12.6 Å². The molecule has 5 heteroatoms. The molecule has 0 fully saturated rings. The van der Waals surface area contributed by atoms with E-state index in [2.05, 4.69) is 31.9 Å². The SMILES string of the molecule is CCOC(=O)C[C@@H](N)c1cc(Br)cc(Br)c1. The van der Waals surface area contributed by atoms with E-state index < -0.39 is 0 Å². The maximum absolute atomic E-state index is 11.3. The van der Waals surface area contributed by atoms with Gasteiger partial charge in [-0.25, -0.2) is 0 Å². The number of esters is 1. The van der Waals surface area contributed by atoms with Crippen molar-refractivity contribution in [3.05, 3.63) is 32.7 Å². The number of hydrogen-bond acceptors (Lipinski definition) is 3. The molecule has 0 radical (unpaired) electrons. The highest BCUT2D eigenvalue weighted by Gasteiger charge is 2.13. The van der Waals surface area contributed by atoms with Gasteiger partial charge >= 0.3 is 5.97 Å². The van der Waals surface area contributed by atoms with Crippen LogP contribution in [0, 0.1) is 0 Å². The molecule has 0 aliphatic carbocycles. The summed E-state index contributed by atoms with van der Waals surface area (Å²) in [6, 6.07) is 5.37. The van der Waals surface area contributed by atoms with Crippen LogP contribution in [0.25, 0.3) is 0 Å². The second kappa shape index (κ2) is 6.37. The summed E-state index contributed by atoms with van der Waals surface area (Å²) in [7, 11) is 0. The molecule has 0 bridgehead atoms. The molecule has 3 nitrogen and oxygen atoms in total. The Kier molecular flexibility index (Phi) is 5.44. The van der Waals surface area contributed by atoms with Crippen LogP contribution in [-0.2, 0) is 9.53 Å². The number of ether oxygens (including phenoxy) is 1. The van der Waals surface area contributed by atoms with E-state index in [1.165, 1.54) is 0 Å². The first-order valence-corrected chi connectivity index (χ1v) is 6.48. The lowest BCUT2D eigenvalue weighted by molar-refractivity contribution is -0.143. The fraction of sp³-hybridized carbons (Fsp3) is 0.364. The summed E-state index contributed by atoms with van der Waals surface area (Å²) in [6.07, 6.45) is 0.191. The molecule has 0 amide bonds. The van der Waals surface area contributed by atoms with Gasteiger partial charge in [0.05, 0.1) is 13.0 Å². The Labute approximate surface area is 112 Å². The van der Waals surface area contributed by atoms with Crippen molar-refractivity contribution in [3.8, 4) is 0 Å². The van der Waals surface area contributed by atoms with Crippen molar-refractivity contribution in [2.24, 2.45) is 5.73 Å². The molecule has 0 aliphatic rings. The van der Waals surface area contributed by atoms with Crippen LogP contribution in [0.1, 0.15) is 24.9 Å². The maximum atomic E-state index is 11.3. The van der Waals surface area contributed by atoms with Crippen molar-refractivity contribution in [1.82, 2.24) is 0 Å². The predicted molar refractivity (Wildman–Crippen MR) is 70.0 cm³/mol. The van der Waals surface area contributed by atoms with Gasteiger partial charge in [-0.1, -0.05) is 31.9 Å². The minimum absolute atomic E-state index is 0.191. The molecule has 0 aliphatic heterocycles. The van der Waals surface area contributed by atoms with Gasteiger partial charge in [0.25, 0.3) is 0 Å². The fourth-order valence-corrected chi connectivity index (χ4v) is 2.64. The summed E-state index contributed by atoms with van der Waals surface area (Å²) in [6.45, 7) is 2.16. The monoisotopic (exact) mass is 349 g/mol. The quantitative estimate of drug-likeness (QED) is 0.848. The van der Waals surface area contributed by atoms with Gasteiger partial charge in [0, 0.05) is 15.0 Å². The van der Waals surface area contributed by atoms with Crippen molar-refractivity contribution < 1.29 is 9.53 Å². The Balaban J connectivity index is 2.72. The lowest BCUT2D eigenvalue weighted by Gasteiger charge is -2.12. The van der Waals surface area contributed by atoms with E-state index in [4.69, 9.17) is 10.5 Å². The Hall–Kier alpha value is -0.390. The molecular formula is C11H13Br2NO2. The van der Waals surface area contributed by atoms with Gasteiger partial charge in [0.1, 0.15) is 0 Å². The van der Waals surface area contributed by atoms with Crippen molar-refractivity contribution in [3.63, 3.8) is 0 Å². The molecule has 1 aromatic rings. The van der Waals surface area contributed by atoms with E-state index in [0.29, 0.717) is 6.61 Å². The molecule has 88 valence electrons. The highest BCUT2D eigenvalue weighted by molar-refractivity contribution is 9.11. The van der Waals surface area contributed by atoms with Gasteiger partial charge in [0.2, 0.25) is 0 Å². The van der Waals surface area contributed by atoms with Gasteiger partial charge in [-0.2, -0.15) is 0 Å². The summed E-state index contributed by atoms with van der Waals surface area (Å²) in [5.41, 5.74) is 6.82. The van der Waals surface area contributed by atoms with Crippen molar-refractivity contribution >= 4 is 37.8 Å². The average molecular weight is 351 g/mol. The highest BCUT2D eigenvalue weighted by atomic mass is 79.9. The third kappa shape index (κ3) is 4.23. The Morgan fingerprint density at radius 1 is 1.38 bits per heavy atom. The Bertz CT molecular complexity index is 362. The lowest BCUT2D eigenvalue weighted by atomic mass is 10.1. The van der Waals surface area contributed by atoms with Gasteiger partial charge in [-0.05, 0) is 30.7 Å². The van der Waals surface area contributed by atoms with Crippen LogP contribution < -0.4 is 5.73 Å². The van der Waals surface area contributed by atoms with Crippen LogP contribution in [0.4, 0.5) is 0 Å². The molecule has 0 unspecified atom stereocenters. The molecule has 1 atom stereocenters. The van der Waals surface area contributed by atoms with Crippen LogP contribution in [0.3, 0.4) is 0 Å². The van der Waals surface area contributed by atoms with E-state index in [9.17, 15) is 4.79 Å². The lowest BCUT2D eigenvalue weighted by Crippen LogP contribution is -2.17. The topological polar surface area (TPSA) is 52.3 Å². The number of hydrogen-bond donors (Lipinski definition) is 1. The summed E-state index contributed by atoms with van der Waals surface area (Å²) >= 11 is 6.75. The third-order valence-electron chi connectivity index (χ3n) is 2.00. The number of rotatable bonds is 4. The van der Waals surface area contributed by atoms with Crippen LogP contribution in [0.15, 0.2) is 27.1 Å². The normalized spacial score (nSPS) is 12.2. The summed E-state index contributed by atoms with van der Waals surface area (Å²) in [4.78, 5) is 11.3. The second-order valence-electron chi connectivity index (χ2n) is 3.32. The number of nitrogens with two attached hydrogens (primary N) is 1. The fourth-order valence-electron chi connectivity index (χ4n) is 1.31. The minimum Gasteiger partial charge on any atom is -0.466 e. The van der Waals surface area contributed by atoms with Gasteiger partial charge in [-0.3, -0.25) is 4.79 Å². The molecular weight excluding hydrogens is 338 g/mol. The second-order valence-corrected chi connectivity index (χ2v) is 5.15. The van der Waals surface area contributed by atoms with Crippen LogP contribution in [0.2, 0.25) is 0 Å². The molecule has 1 rings (SSSR count). The number of benzene rings is 1. The van der Waals surface area contributed by atoms with Crippen LogP contribution in [0.5, 0.6) is 0 Å². The molecule has 0 heterocycles. The first kappa shape index (κ1) is 13.7. The van der Waals surface area contributed by atoms with Crippen molar-refractivity contribution in [1.29, 1.82) is 0 Å². The average Bonchev–Trinajstić information content (AvgIpc) is 2.16. The zero-order valence-corrected chi connectivity index (χ0v) is 12.0.